The Labute approximate surface area is 125 Å². The predicted molar refractivity (Wildman–Crippen MR) is 82.1 cm³/mol. The van der Waals surface area contributed by atoms with Gasteiger partial charge < -0.3 is 14.8 Å². The Bertz CT molecular complexity index is 401. The van der Waals surface area contributed by atoms with Crippen LogP contribution in [0.2, 0.25) is 0 Å². The van der Waals surface area contributed by atoms with Crippen LogP contribution in [0.5, 0.6) is 0 Å². The molecule has 1 unspecified atom stereocenters. The molecule has 1 aliphatic rings. The van der Waals surface area contributed by atoms with Crippen molar-refractivity contribution in [3.8, 4) is 0 Å². The van der Waals surface area contributed by atoms with Crippen molar-refractivity contribution in [3.05, 3.63) is 15.6 Å². The number of aromatic nitrogens is 1. The summed E-state index contributed by atoms with van der Waals surface area (Å²) in [6.45, 7) is 6.70. The highest BCUT2D eigenvalue weighted by molar-refractivity contribution is 7.11. The van der Waals surface area contributed by atoms with Gasteiger partial charge in [-0.1, -0.05) is 13.8 Å². The van der Waals surface area contributed by atoms with E-state index in [0.717, 1.165) is 25.3 Å². The molecule has 0 spiro atoms. The fourth-order valence-electron chi connectivity index (χ4n) is 2.37. The van der Waals surface area contributed by atoms with E-state index in [4.69, 9.17) is 14.5 Å². The molecule has 5 heteroatoms. The second kappa shape index (κ2) is 8.08. The molecule has 0 aliphatic carbocycles. The van der Waals surface area contributed by atoms with Crippen LogP contribution < -0.4 is 5.32 Å². The first-order valence-corrected chi connectivity index (χ1v) is 8.32. The Kier molecular flexibility index (Phi) is 6.42. The van der Waals surface area contributed by atoms with E-state index in [1.807, 2.05) is 0 Å². The molecule has 0 aromatic carbocycles. The smallest absolute Gasteiger partial charge is 0.0958 e. The zero-order chi connectivity index (χ0) is 14.4. The van der Waals surface area contributed by atoms with E-state index in [0.29, 0.717) is 18.8 Å². The van der Waals surface area contributed by atoms with Crippen LogP contribution in [0.15, 0.2) is 0 Å². The van der Waals surface area contributed by atoms with Gasteiger partial charge in [-0.25, -0.2) is 4.98 Å². The Morgan fingerprint density at radius 3 is 2.95 bits per heavy atom. The molecule has 2 rings (SSSR count). The summed E-state index contributed by atoms with van der Waals surface area (Å²) >= 11 is 1.80. The third kappa shape index (κ3) is 4.81. The number of hydrogen-bond donors (Lipinski definition) is 1. The normalized spacial score (nSPS) is 19.7. The van der Waals surface area contributed by atoms with Gasteiger partial charge in [0.25, 0.3) is 0 Å². The molecule has 1 N–H and O–H groups in total. The third-order valence-corrected chi connectivity index (χ3v) is 4.57. The highest BCUT2D eigenvalue weighted by atomic mass is 32.1. The summed E-state index contributed by atoms with van der Waals surface area (Å²) in [5.41, 5.74) is 1.08. The summed E-state index contributed by atoms with van der Waals surface area (Å²) in [6, 6.07) is 0.484. The van der Waals surface area contributed by atoms with Crippen LogP contribution in [-0.4, -0.2) is 30.8 Å². The van der Waals surface area contributed by atoms with E-state index < -0.39 is 0 Å². The number of nitrogens with one attached hydrogen (secondary N) is 1. The number of ether oxygens (including phenoxy) is 2. The molecule has 4 nitrogen and oxygen atoms in total. The van der Waals surface area contributed by atoms with Gasteiger partial charge >= 0.3 is 0 Å². The van der Waals surface area contributed by atoms with E-state index in [2.05, 4.69) is 19.2 Å². The molecule has 1 aromatic rings. The highest BCUT2D eigenvalue weighted by Crippen LogP contribution is 2.24. The van der Waals surface area contributed by atoms with Crippen molar-refractivity contribution in [2.75, 3.05) is 13.7 Å². The Morgan fingerprint density at radius 1 is 1.45 bits per heavy atom. The standard InChI is InChI=1S/C15H26N2O2S/c1-11(2)16-9-14-13(10-18-3)17-15(20-14)8-12-6-4-5-7-19-12/h11-12,16H,4-10H2,1-3H3. The average Bonchev–Trinajstić information content (AvgIpc) is 2.80. The first-order valence-electron chi connectivity index (χ1n) is 7.50. The second-order valence-corrected chi connectivity index (χ2v) is 6.81. The lowest BCUT2D eigenvalue weighted by molar-refractivity contribution is 0.0167. The van der Waals surface area contributed by atoms with Gasteiger partial charge in [-0.15, -0.1) is 11.3 Å². The Hall–Kier alpha value is -0.490. The minimum absolute atomic E-state index is 0.358. The lowest BCUT2D eigenvalue weighted by Crippen LogP contribution is -2.21. The van der Waals surface area contributed by atoms with Gasteiger partial charge in [0.15, 0.2) is 0 Å². The van der Waals surface area contributed by atoms with Gasteiger partial charge in [0, 0.05) is 37.6 Å². The average molecular weight is 298 g/mol. The Balaban J connectivity index is 1.99. The fourth-order valence-corrected chi connectivity index (χ4v) is 3.46. The zero-order valence-corrected chi connectivity index (χ0v) is 13.6. The maximum atomic E-state index is 5.81. The quantitative estimate of drug-likeness (QED) is 0.840. The number of rotatable bonds is 7. The van der Waals surface area contributed by atoms with Crippen LogP contribution >= 0.6 is 11.3 Å². The molecule has 0 radical (unpaired) electrons. The van der Waals surface area contributed by atoms with Crippen LogP contribution in [0.25, 0.3) is 0 Å². The van der Waals surface area contributed by atoms with E-state index in [1.54, 1.807) is 18.4 Å². The molecule has 0 amide bonds. The van der Waals surface area contributed by atoms with Crippen molar-refractivity contribution in [2.45, 2.75) is 64.8 Å². The van der Waals surface area contributed by atoms with Gasteiger partial charge in [-0.2, -0.15) is 0 Å². The molecule has 114 valence electrons. The van der Waals surface area contributed by atoms with E-state index in [-0.39, 0.29) is 0 Å². The molecule has 1 saturated heterocycles. The topological polar surface area (TPSA) is 43.4 Å². The molecule has 0 bridgehead atoms. The van der Waals surface area contributed by atoms with E-state index >= 15 is 0 Å². The van der Waals surface area contributed by atoms with E-state index in [9.17, 15) is 0 Å². The van der Waals surface area contributed by atoms with Crippen LogP contribution in [0, 0.1) is 0 Å². The molecule has 1 fully saturated rings. The van der Waals surface area contributed by atoms with E-state index in [1.165, 1.54) is 29.1 Å². The van der Waals surface area contributed by atoms with Crippen LogP contribution in [0.4, 0.5) is 0 Å². The van der Waals surface area contributed by atoms with Crippen LogP contribution in [0.1, 0.15) is 48.7 Å². The summed E-state index contributed by atoms with van der Waals surface area (Å²) in [7, 11) is 1.73. The summed E-state index contributed by atoms with van der Waals surface area (Å²) in [5.74, 6) is 0. The first-order chi connectivity index (χ1) is 9.69. The Morgan fingerprint density at radius 2 is 2.30 bits per heavy atom. The van der Waals surface area contributed by atoms with Crippen molar-refractivity contribution < 1.29 is 9.47 Å². The fraction of sp³-hybridized carbons (Fsp3) is 0.800. The van der Waals surface area contributed by atoms with Crippen molar-refractivity contribution in [3.63, 3.8) is 0 Å². The number of methoxy groups -OCH3 is 1. The van der Waals surface area contributed by atoms with Crippen molar-refractivity contribution in [1.29, 1.82) is 0 Å². The number of hydrogen-bond acceptors (Lipinski definition) is 5. The maximum absolute atomic E-state index is 5.81. The molecular weight excluding hydrogens is 272 g/mol. The van der Waals surface area contributed by atoms with Crippen LogP contribution in [-0.2, 0) is 29.0 Å². The van der Waals surface area contributed by atoms with Crippen molar-refractivity contribution in [1.82, 2.24) is 10.3 Å². The molecule has 1 aromatic heterocycles. The molecule has 20 heavy (non-hydrogen) atoms. The minimum atomic E-state index is 0.358. The summed E-state index contributed by atoms with van der Waals surface area (Å²) < 4.78 is 11.1. The largest absolute Gasteiger partial charge is 0.378 e. The highest BCUT2D eigenvalue weighted by Gasteiger charge is 2.18. The molecule has 0 saturated carbocycles. The lowest BCUT2D eigenvalue weighted by Gasteiger charge is -2.21. The SMILES string of the molecule is COCc1nc(CC2CCCCO2)sc1CNC(C)C. The van der Waals surface area contributed by atoms with Gasteiger partial charge in [0.2, 0.25) is 0 Å². The lowest BCUT2D eigenvalue weighted by atomic mass is 10.1. The molecule has 1 atom stereocenters. The molecule has 1 aliphatic heterocycles. The van der Waals surface area contributed by atoms with Gasteiger partial charge in [-0.05, 0) is 19.3 Å². The van der Waals surface area contributed by atoms with Gasteiger partial charge in [-0.3, -0.25) is 0 Å². The van der Waals surface area contributed by atoms with Gasteiger partial charge in [0.1, 0.15) is 0 Å². The first kappa shape index (κ1) is 15.9. The number of nitrogens with zero attached hydrogens (tertiary/aromatic N) is 1. The van der Waals surface area contributed by atoms with Crippen molar-refractivity contribution >= 4 is 11.3 Å². The molecular formula is C15H26N2O2S. The second-order valence-electron chi connectivity index (χ2n) is 5.64. The summed E-state index contributed by atoms with van der Waals surface area (Å²) in [5, 5.41) is 4.65. The predicted octanol–water partition coefficient (Wildman–Crippen LogP) is 2.90. The van der Waals surface area contributed by atoms with Gasteiger partial charge in [0.05, 0.1) is 23.4 Å². The zero-order valence-electron chi connectivity index (χ0n) is 12.8. The maximum Gasteiger partial charge on any atom is 0.0958 e. The monoisotopic (exact) mass is 298 g/mol. The summed E-state index contributed by atoms with van der Waals surface area (Å²) in [4.78, 5) is 6.04. The van der Waals surface area contributed by atoms with Crippen LogP contribution in [0.3, 0.4) is 0 Å². The molecule has 2 heterocycles. The summed E-state index contributed by atoms with van der Waals surface area (Å²) in [6.07, 6.45) is 4.95. The number of thiazole rings is 1. The third-order valence-electron chi connectivity index (χ3n) is 3.45. The van der Waals surface area contributed by atoms with Crippen molar-refractivity contribution in [2.24, 2.45) is 0 Å². The minimum Gasteiger partial charge on any atom is -0.378 e.